The fourth-order valence-corrected chi connectivity index (χ4v) is 4.40. The summed E-state index contributed by atoms with van der Waals surface area (Å²) < 4.78 is 25.1. The molecule has 0 radical (unpaired) electrons. The van der Waals surface area contributed by atoms with Gasteiger partial charge in [-0.2, -0.15) is 0 Å². The largest absolute Gasteiger partial charge is 0.327 e. The molecule has 1 aliphatic heterocycles. The van der Waals surface area contributed by atoms with Crippen molar-refractivity contribution in [2.24, 2.45) is 0 Å². The topological polar surface area (TPSA) is 52.0 Å². The van der Waals surface area contributed by atoms with E-state index >= 15 is 0 Å². The Hall–Kier alpha value is -1.36. The average Bonchev–Trinajstić information content (AvgIpc) is 2.92. The highest BCUT2D eigenvalue weighted by atomic mass is 32.2. The Morgan fingerprint density at radius 1 is 1.17 bits per heavy atom. The number of rotatable bonds is 3. The van der Waals surface area contributed by atoms with Crippen molar-refractivity contribution in [3.8, 4) is 0 Å². The molecule has 3 rings (SSSR count). The van der Waals surface area contributed by atoms with Gasteiger partial charge in [-0.15, -0.1) is 0 Å². The van der Waals surface area contributed by atoms with E-state index in [0.29, 0.717) is 24.3 Å². The lowest BCUT2D eigenvalue weighted by molar-refractivity contribution is 0.459. The molecule has 0 spiro atoms. The van der Waals surface area contributed by atoms with E-state index in [0.717, 1.165) is 11.0 Å². The summed E-state index contributed by atoms with van der Waals surface area (Å²) in [6.45, 7) is 6.48. The normalized spacial score (nSPS) is 17.7. The van der Waals surface area contributed by atoms with Crippen LogP contribution in [-0.4, -0.2) is 29.5 Å². The zero-order valence-electron chi connectivity index (χ0n) is 14.5. The maximum atomic E-state index is 11.5. The molecule has 1 aromatic carbocycles. The number of nitrogens with zero attached hydrogens (tertiary/aromatic N) is 2. The lowest BCUT2D eigenvalue weighted by Crippen LogP contribution is -2.25. The Kier molecular flexibility index (Phi) is 6.22. The predicted octanol–water partition coefficient (Wildman–Crippen LogP) is 4.29. The molecular weight excluding hydrogens is 308 g/mol. The number of aromatic nitrogens is 2. The van der Waals surface area contributed by atoms with E-state index < -0.39 is 9.84 Å². The first-order chi connectivity index (χ1) is 11.0. The Morgan fingerprint density at radius 2 is 1.83 bits per heavy atom. The first-order valence-electron chi connectivity index (χ1n) is 8.60. The average molecular weight is 337 g/mol. The smallest absolute Gasteiger partial charge is 0.150 e. The van der Waals surface area contributed by atoms with E-state index in [4.69, 9.17) is 0 Å². The van der Waals surface area contributed by atoms with Gasteiger partial charge >= 0.3 is 0 Å². The van der Waals surface area contributed by atoms with Crippen molar-refractivity contribution in [1.82, 2.24) is 9.55 Å². The Bertz CT molecular complexity index is 719. The number of unbranched alkanes of at least 4 members (excludes halogenated alkanes) is 2. The van der Waals surface area contributed by atoms with Gasteiger partial charge in [0.25, 0.3) is 0 Å². The van der Waals surface area contributed by atoms with Gasteiger partial charge in [-0.05, 0) is 37.5 Å². The van der Waals surface area contributed by atoms with Gasteiger partial charge in [-0.1, -0.05) is 39.2 Å². The van der Waals surface area contributed by atoms with Crippen molar-refractivity contribution < 1.29 is 8.42 Å². The molecule has 2 heterocycles. The van der Waals surface area contributed by atoms with Crippen LogP contribution in [0.5, 0.6) is 0 Å². The zero-order chi connectivity index (χ0) is 16.9. The molecule has 1 aliphatic rings. The molecule has 0 amide bonds. The summed E-state index contributed by atoms with van der Waals surface area (Å²) in [5.41, 5.74) is 3.29. The summed E-state index contributed by atoms with van der Waals surface area (Å²) in [4.78, 5) is 4.38. The summed E-state index contributed by atoms with van der Waals surface area (Å²) >= 11 is 0. The van der Waals surface area contributed by atoms with E-state index in [1.54, 1.807) is 0 Å². The minimum Gasteiger partial charge on any atom is -0.327 e. The lowest BCUT2D eigenvalue weighted by atomic mass is 10.1. The molecular formula is C18H28N2O2S. The maximum Gasteiger partial charge on any atom is 0.150 e. The van der Waals surface area contributed by atoms with Crippen molar-refractivity contribution in [2.75, 3.05) is 11.5 Å². The number of benzene rings is 1. The zero-order valence-corrected chi connectivity index (χ0v) is 15.3. The van der Waals surface area contributed by atoms with Crippen LogP contribution < -0.4 is 0 Å². The number of hydrogen-bond donors (Lipinski definition) is 0. The minimum atomic E-state index is -2.80. The molecule has 0 bridgehead atoms. The van der Waals surface area contributed by atoms with Crippen molar-refractivity contribution in [2.45, 2.75) is 58.9 Å². The Labute approximate surface area is 139 Å². The summed E-state index contributed by atoms with van der Waals surface area (Å²) in [7, 11) is -2.80. The van der Waals surface area contributed by atoms with Crippen LogP contribution in [0.1, 0.15) is 57.6 Å². The molecule has 1 saturated heterocycles. The second kappa shape index (κ2) is 7.95. The third-order valence-electron chi connectivity index (χ3n) is 4.35. The van der Waals surface area contributed by atoms with Gasteiger partial charge in [0, 0.05) is 6.04 Å². The van der Waals surface area contributed by atoms with E-state index in [1.807, 2.05) is 18.5 Å². The number of aryl methyl sites for hydroxylation is 1. The van der Waals surface area contributed by atoms with Gasteiger partial charge in [-0.3, -0.25) is 0 Å². The number of sulfone groups is 1. The van der Waals surface area contributed by atoms with Crippen molar-refractivity contribution in [3.63, 3.8) is 0 Å². The van der Waals surface area contributed by atoms with E-state index in [1.165, 1.54) is 24.8 Å². The minimum absolute atomic E-state index is 0.264. The second-order valence-electron chi connectivity index (χ2n) is 6.38. The molecule has 0 saturated carbocycles. The van der Waals surface area contributed by atoms with Gasteiger partial charge in [0.2, 0.25) is 0 Å². The van der Waals surface area contributed by atoms with Crippen LogP contribution in [0.2, 0.25) is 0 Å². The molecule has 0 unspecified atom stereocenters. The fraction of sp³-hybridized carbons (Fsp3) is 0.611. The van der Waals surface area contributed by atoms with Crippen LogP contribution in [0.15, 0.2) is 24.5 Å². The molecule has 5 heteroatoms. The van der Waals surface area contributed by atoms with Crippen LogP contribution in [0.3, 0.4) is 0 Å². The van der Waals surface area contributed by atoms with Gasteiger partial charge in [-0.25, -0.2) is 13.4 Å². The standard InChI is InChI=1S/C13H16N2O2S.C5H12/c1-10-2-3-12-13(8-10)15(9-14-12)11-4-6-18(16,17)7-5-11;1-3-5-4-2/h2-3,8-9,11H,4-7H2,1H3;3-5H2,1-2H3. The number of hydrogen-bond acceptors (Lipinski definition) is 3. The third kappa shape index (κ3) is 4.80. The monoisotopic (exact) mass is 336 g/mol. The molecule has 1 fully saturated rings. The summed E-state index contributed by atoms with van der Waals surface area (Å²) in [6, 6.07) is 6.44. The first-order valence-corrected chi connectivity index (χ1v) is 10.4. The highest BCUT2D eigenvalue weighted by Crippen LogP contribution is 2.27. The third-order valence-corrected chi connectivity index (χ3v) is 6.07. The molecule has 2 aromatic rings. The van der Waals surface area contributed by atoms with Crippen LogP contribution in [0, 0.1) is 6.92 Å². The Balaban J connectivity index is 0.000000338. The van der Waals surface area contributed by atoms with Crippen LogP contribution in [0.4, 0.5) is 0 Å². The van der Waals surface area contributed by atoms with Crippen LogP contribution >= 0.6 is 0 Å². The molecule has 0 atom stereocenters. The molecule has 0 N–H and O–H groups in total. The quantitative estimate of drug-likeness (QED) is 0.840. The van der Waals surface area contributed by atoms with E-state index in [9.17, 15) is 8.42 Å². The van der Waals surface area contributed by atoms with Gasteiger partial charge < -0.3 is 4.57 Å². The van der Waals surface area contributed by atoms with Crippen LogP contribution in [-0.2, 0) is 9.84 Å². The lowest BCUT2D eigenvalue weighted by Gasteiger charge is -2.23. The second-order valence-corrected chi connectivity index (χ2v) is 8.68. The van der Waals surface area contributed by atoms with Crippen LogP contribution in [0.25, 0.3) is 11.0 Å². The summed E-state index contributed by atoms with van der Waals surface area (Å²) in [5, 5.41) is 0. The highest BCUT2D eigenvalue weighted by Gasteiger charge is 2.25. The molecule has 1 aromatic heterocycles. The predicted molar refractivity (Wildman–Crippen MR) is 96.6 cm³/mol. The SMILES string of the molecule is CCCCC.Cc1ccc2ncn(C3CCS(=O)(=O)CC3)c2c1. The first kappa shape index (κ1) is 18.0. The molecule has 4 nitrogen and oxygen atoms in total. The maximum absolute atomic E-state index is 11.5. The van der Waals surface area contributed by atoms with Crippen molar-refractivity contribution in [1.29, 1.82) is 0 Å². The van der Waals surface area contributed by atoms with Crippen molar-refractivity contribution in [3.05, 3.63) is 30.1 Å². The highest BCUT2D eigenvalue weighted by molar-refractivity contribution is 7.91. The Morgan fingerprint density at radius 3 is 2.39 bits per heavy atom. The molecule has 0 aliphatic carbocycles. The van der Waals surface area contributed by atoms with Gasteiger partial charge in [0.15, 0.2) is 0 Å². The summed E-state index contributed by atoms with van der Waals surface area (Å²) in [5.74, 6) is 0.590. The molecule has 128 valence electrons. The van der Waals surface area contributed by atoms with Crippen molar-refractivity contribution >= 4 is 20.9 Å². The summed E-state index contributed by atoms with van der Waals surface area (Å²) in [6.07, 6.45) is 7.31. The van der Waals surface area contributed by atoms with Gasteiger partial charge in [0.05, 0.1) is 28.9 Å². The fourth-order valence-electron chi connectivity index (χ4n) is 2.94. The number of imidazole rings is 1. The number of fused-ring (bicyclic) bond motifs is 1. The van der Waals surface area contributed by atoms with E-state index in [2.05, 4.69) is 36.4 Å². The molecule has 23 heavy (non-hydrogen) atoms. The van der Waals surface area contributed by atoms with E-state index in [-0.39, 0.29) is 6.04 Å². The van der Waals surface area contributed by atoms with Gasteiger partial charge in [0.1, 0.15) is 9.84 Å².